The van der Waals surface area contributed by atoms with Crippen LogP contribution < -0.4 is 4.74 Å². The van der Waals surface area contributed by atoms with Gasteiger partial charge < -0.3 is 4.74 Å². The third-order valence-electron chi connectivity index (χ3n) is 6.90. The smallest absolute Gasteiger partial charge is 0.422 e. The number of ether oxygens (including phenoxy) is 1. The zero-order chi connectivity index (χ0) is 28.7. The lowest BCUT2D eigenvalue weighted by atomic mass is 9.97. The fourth-order valence-corrected chi connectivity index (χ4v) is 4.69. The van der Waals surface area contributed by atoms with E-state index < -0.39 is 29.2 Å². The molecular weight excluding hydrogens is 528 g/mol. The van der Waals surface area contributed by atoms with Gasteiger partial charge in [0.15, 0.2) is 0 Å². The summed E-state index contributed by atoms with van der Waals surface area (Å²) in [6.45, 7) is 2.85. The summed E-state index contributed by atoms with van der Waals surface area (Å²) in [5.41, 5.74) is 0.374. The molecule has 3 aromatic carbocycles. The Bertz CT molecular complexity index is 1410. The first kappa shape index (κ1) is 29.4. The molecule has 0 aliphatic rings. The number of hydrogen-bond donors (Lipinski definition) is 0. The van der Waals surface area contributed by atoms with Crippen molar-refractivity contribution in [2.75, 3.05) is 6.61 Å². The van der Waals surface area contributed by atoms with Crippen LogP contribution >= 0.6 is 0 Å². The van der Waals surface area contributed by atoms with Gasteiger partial charge in [0.2, 0.25) is 0 Å². The van der Waals surface area contributed by atoms with Gasteiger partial charge >= 0.3 is 6.18 Å². The van der Waals surface area contributed by atoms with Crippen molar-refractivity contribution in [3.63, 3.8) is 0 Å². The second-order valence-electron chi connectivity index (χ2n) is 9.92. The van der Waals surface area contributed by atoms with E-state index in [0.717, 1.165) is 29.8 Å². The monoisotopic (exact) mass is 559 g/mol. The van der Waals surface area contributed by atoms with Crippen molar-refractivity contribution in [3.05, 3.63) is 106 Å². The molecule has 1 heterocycles. The van der Waals surface area contributed by atoms with E-state index in [0.29, 0.717) is 47.9 Å². The van der Waals surface area contributed by atoms with Crippen LogP contribution in [0.25, 0.3) is 10.8 Å². The molecule has 2 nitrogen and oxygen atoms in total. The first-order valence-corrected chi connectivity index (χ1v) is 13.5. The quantitative estimate of drug-likeness (QED) is 0.128. The van der Waals surface area contributed by atoms with Crippen LogP contribution in [0.15, 0.2) is 60.8 Å². The normalized spacial score (nSPS) is 11.8. The van der Waals surface area contributed by atoms with Crippen LogP contribution in [0.4, 0.5) is 26.3 Å². The van der Waals surface area contributed by atoms with Gasteiger partial charge in [-0.2, -0.15) is 13.2 Å². The standard InChI is InChI=1S/C32H31F6NO/c1-2-3-4-5-16-40-26-14-13-25(39-20-26)12-7-21-8-15-27-24(17-21)11-10-23(31(27)35)9-6-22-18-28(33)30(29(34)19-22)32(36,37)38/h8,10-11,13-15,17-20H,2-7,9,12,16H2,1H3. The zero-order valence-corrected chi connectivity index (χ0v) is 22.3. The molecular formula is C32H31F6NO. The molecule has 0 aliphatic heterocycles. The molecule has 0 radical (unpaired) electrons. The summed E-state index contributed by atoms with van der Waals surface area (Å²) in [5.74, 6) is -3.05. The number of nitrogens with zero attached hydrogens (tertiary/aromatic N) is 1. The first-order valence-electron chi connectivity index (χ1n) is 13.5. The Hall–Kier alpha value is -3.55. The molecule has 0 spiro atoms. The number of hydrogen-bond acceptors (Lipinski definition) is 2. The third kappa shape index (κ3) is 7.55. The van der Waals surface area contributed by atoms with E-state index in [9.17, 15) is 22.0 Å². The number of aromatic nitrogens is 1. The van der Waals surface area contributed by atoms with Gasteiger partial charge in [-0.05, 0) is 78.4 Å². The SMILES string of the molecule is CCCCCCOc1ccc(CCc2ccc3c(F)c(CCc4cc(F)c(C(F)(F)F)c(F)c4)ccc3c2)nc1. The lowest BCUT2D eigenvalue weighted by molar-refractivity contribution is -0.142. The topological polar surface area (TPSA) is 22.1 Å². The van der Waals surface area contributed by atoms with Crippen LogP contribution in [-0.4, -0.2) is 11.6 Å². The summed E-state index contributed by atoms with van der Waals surface area (Å²) in [7, 11) is 0. The Morgan fingerprint density at radius 3 is 2.17 bits per heavy atom. The third-order valence-corrected chi connectivity index (χ3v) is 6.90. The molecule has 0 bridgehead atoms. The molecule has 0 fully saturated rings. The van der Waals surface area contributed by atoms with Crippen molar-refractivity contribution >= 4 is 10.8 Å². The molecule has 0 unspecified atom stereocenters. The van der Waals surface area contributed by atoms with Crippen LogP contribution in [-0.2, 0) is 31.9 Å². The molecule has 0 saturated heterocycles. The van der Waals surface area contributed by atoms with Crippen molar-refractivity contribution in [2.45, 2.75) is 64.5 Å². The molecule has 0 aliphatic carbocycles. The lowest BCUT2D eigenvalue weighted by Crippen LogP contribution is -2.12. The highest BCUT2D eigenvalue weighted by atomic mass is 19.4. The van der Waals surface area contributed by atoms with Crippen LogP contribution in [0.3, 0.4) is 0 Å². The Balaban J connectivity index is 1.35. The molecule has 0 atom stereocenters. The Kier molecular flexibility index (Phi) is 9.71. The molecule has 4 aromatic rings. The predicted molar refractivity (Wildman–Crippen MR) is 144 cm³/mol. The van der Waals surface area contributed by atoms with Gasteiger partial charge in [0.1, 0.15) is 28.8 Å². The molecule has 0 amide bonds. The van der Waals surface area contributed by atoms with Crippen molar-refractivity contribution in [1.82, 2.24) is 4.98 Å². The minimum absolute atomic E-state index is 0.0117. The number of alkyl halides is 3. The molecule has 8 heteroatoms. The van der Waals surface area contributed by atoms with Gasteiger partial charge in [-0.25, -0.2) is 13.2 Å². The average Bonchev–Trinajstić information content (AvgIpc) is 2.91. The number of pyridine rings is 1. The number of unbranched alkanes of at least 4 members (excludes halogenated alkanes) is 3. The molecule has 40 heavy (non-hydrogen) atoms. The van der Waals surface area contributed by atoms with Gasteiger partial charge in [-0.15, -0.1) is 0 Å². The number of rotatable bonds is 12. The van der Waals surface area contributed by atoms with E-state index in [4.69, 9.17) is 4.74 Å². The molecule has 0 N–H and O–H groups in total. The predicted octanol–water partition coefficient (Wildman–Crippen LogP) is 9.20. The lowest BCUT2D eigenvalue weighted by Gasteiger charge is -2.12. The van der Waals surface area contributed by atoms with E-state index in [1.54, 1.807) is 24.4 Å². The fraction of sp³-hybridized carbons (Fsp3) is 0.344. The minimum Gasteiger partial charge on any atom is -0.492 e. The van der Waals surface area contributed by atoms with Crippen molar-refractivity contribution in [3.8, 4) is 5.75 Å². The summed E-state index contributed by atoms with van der Waals surface area (Å²) < 4.78 is 87.1. The summed E-state index contributed by atoms with van der Waals surface area (Å²) >= 11 is 0. The fourth-order valence-electron chi connectivity index (χ4n) is 4.69. The Labute approximate surface area is 230 Å². The van der Waals surface area contributed by atoms with Crippen LogP contribution in [0.1, 0.15) is 60.6 Å². The summed E-state index contributed by atoms with van der Waals surface area (Å²) in [6, 6.07) is 14.0. The van der Waals surface area contributed by atoms with E-state index in [-0.39, 0.29) is 18.4 Å². The molecule has 0 saturated carbocycles. The van der Waals surface area contributed by atoms with Crippen LogP contribution in [0, 0.1) is 17.5 Å². The maximum atomic E-state index is 15.2. The Morgan fingerprint density at radius 1 is 0.750 bits per heavy atom. The maximum Gasteiger partial charge on any atom is 0.422 e. The van der Waals surface area contributed by atoms with Crippen molar-refractivity contribution in [1.29, 1.82) is 0 Å². The number of fused-ring (bicyclic) bond motifs is 1. The van der Waals surface area contributed by atoms with E-state index >= 15 is 4.39 Å². The van der Waals surface area contributed by atoms with Gasteiger partial charge in [0.25, 0.3) is 0 Å². The van der Waals surface area contributed by atoms with Gasteiger partial charge in [0, 0.05) is 11.1 Å². The average molecular weight is 560 g/mol. The zero-order valence-electron chi connectivity index (χ0n) is 22.3. The summed E-state index contributed by atoms with van der Waals surface area (Å²) in [4.78, 5) is 4.48. The number of halogens is 6. The number of aryl methyl sites for hydroxylation is 4. The van der Waals surface area contributed by atoms with E-state index in [1.165, 1.54) is 12.8 Å². The van der Waals surface area contributed by atoms with Crippen molar-refractivity contribution in [2.24, 2.45) is 0 Å². The highest BCUT2D eigenvalue weighted by Crippen LogP contribution is 2.34. The van der Waals surface area contributed by atoms with Gasteiger partial charge in [0.05, 0.1) is 12.8 Å². The second-order valence-corrected chi connectivity index (χ2v) is 9.92. The summed E-state index contributed by atoms with van der Waals surface area (Å²) in [6.07, 6.45) is 2.68. The molecule has 4 rings (SSSR count). The highest BCUT2D eigenvalue weighted by molar-refractivity contribution is 5.84. The largest absolute Gasteiger partial charge is 0.492 e. The second kappa shape index (κ2) is 13.2. The first-order chi connectivity index (χ1) is 19.2. The van der Waals surface area contributed by atoms with E-state index in [1.807, 2.05) is 24.3 Å². The summed E-state index contributed by atoms with van der Waals surface area (Å²) in [5, 5.41) is 1.12. The maximum absolute atomic E-state index is 15.2. The Morgan fingerprint density at radius 2 is 1.50 bits per heavy atom. The number of benzene rings is 3. The molecule has 1 aromatic heterocycles. The van der Waals surface area contributed by atoms with Gasteiger partial charge in [-0.1, -0.05) is 56.5 Å². The van der Waals surface area contributed by atoms with Crippen LogP contribution in [0.5, 0.6) is 5.75 Å². The minimum atomic E-state index is -5.13. The van der Waals surface area contributed by atoms with Crippen LogP contribution in [0.2, 0.25) is 0 Å². The molecule has 212 valence electrons. The van der Waals surface area contributed by atoms with Gasteiger partial charge in [-0.3, -0.25) is 4.98 Å². The highest BCUT2D eigenvalue weighted by Gasteiger charge is 2.37. The van der Waals surface area contributed by atoms with Crippen molar-refractivity contribution < 1.29 is 31.1 Å². The van der Waals surface area contributed by atoms with E-state index in [2.05, 4.69) is 11.9 Å².